The summed E-state index contributed by atoms with van der Waals surface area (Å²) in [5, 5.41) is 3.50. The number of carbonyl (C=O) groups is 2. The van der Waals surface area contributed by atoms with Crippen LogP contribution < -0.4 is 9.75 Å². The van der Waals surface area contributed by atoms with Gasteiger partial charge in [0.1, 0.15) is 5.75 Å². The van der Waals surface area contributed by atoms with Crippen LogP contribution in [0, 0.1) is 0 Å². The summed E-state index contributed by atoms with van der Waals surface area (Å²) in [5.41, 5.74) is 0.787. The molecule has 0 bridgehead atoms. The molecule has 1 fully saturated rings. The van der Waals surface area contributed by atoms with Gasteiger partial charge < -0.3 is 9.64 Å². The summed E-state index contributed by atoms with van der Waals surface area (Å²) in [5.74, 6) is 0.750. The number of hydrogen-bond acceptors (Lipinski definition) is 4. The predicted octanol–water partition coefficient (Wildman–Crippen LogP) is 0.347. The fraction of sp³-hybridized carbons (Fsp3) is 0.385. The first-order valence-electron chi connectivity index (χ1n) is 6.11. The average Bonchev–Trinajstić information content (AvgIpc) is 2.49. The molecule has 19 heavy (non-hydrogen) atoms. The zero-order chi connectivity index (χ0) is 13.7. The minimum atomic E-state index is 0.629. The Labute approximate surface area is 112 Å². The van der Waals surface area contributed by atoms with Crippen molar-refractivity contribution in [3.63, 3.8) is 0 Å². The Morgan fingerprint density at radius 2 is 1.74 bits per heavy atom. The first kappa shape index (κ1) is 13.4. The number of amides is 2. The van der Waals surface area contributed by atoms with E-state index in [9.17, 15) is 9.59 Å². The molecule has 0 spiro atoms. The van der Waals surface area contributed by atoms with E-state index in [1.54, 1.807) is 17.0 Å². The number of benzene rings is 1. The first-order valence-corrected chi connectivity index (χ1v) is 6.11. The SMILES string of the molecule is COc1ccc(N(C=O)N2CCN(C=O)CC2)cc1. The van der Waals surface area contributed by atoms with Crippen LogP contribution in [-0.2, 0) is 9.59 Å². The van der Waals surface area contributed by atoms with Gasteiger partial charge >= 0.3 is 0 Å². The van der Waals surface area contributed by atoms with E-state index >= 15 is 0 Å². The molecule has 1 aromatic carbocycles. The van der Waals surface area contributed by atoms with Crippen LogP contribution >= 0.6 is 0 Å². The Morgan fingerprint density at radius 3 is 2.21 bits per heavy atom. The zero-order valence-electron chi connectivity index (χ0n) is 10.9. The third-order valence-corrected chi connectivity index (χ3v) is 3.18. The standard InChI is InChI=1S/C13H17N3O3/c1-19-13-4-2-12(3-5-13)16(11-18)15-8-6-14(10-17)7-9-15/h2-5,10-11H,6-9H2,1H3. The van der Waals surface area contributed by atoms with Gasteiger partial charge in [0.05, 0.1) is 12.8 Å². The lowest BCUT2D eigenvalue weighted by Crippen LogP contribution is -2.53. The second-order valence-corrected chi connectivity index (χ2v) is 4.24. The topological polar surface area (TPSA) is 53.1 Å². The van der Waals surface area contributed by atoms with Gasteiger partial charge in [-0.05, 0) is 24.3 Å². The van der Waals surface area contributed by atoms with E-state index in [1.165, 1.54) is 0 Å². The van der Waals surface area contributed by atoms with E-state index < -0.39 is 0 Å². The van der Waals surface area contributed by atoms with E-state index in [2.05, 4.69) is 0 Å². The number of nitrogens with zero attached hydrogens (tertiary/aromatic N) is 3. The molecule has 0 unspecified atom stereocenters. The van der Waals surface area contributed by atoms with Crippen molar-refractivity contribution in [3.8, 4) is 5.75 Å². The quantitative estimate of drug-likeness (QED) is 0.719. The van der Waals surface area contributed by atoms with Gasteiger partial charge in [-0.25, -0.2) is 10.0 Å². The van der Waals surface area contributed by atoms with Crippen molar-refractivity contribution in [3.05, 3.63) is 24.3 Å². The van der Waals surface area contributed by atoms with Crippen molar-refractivity contribution in [2.24, 2.45) is 0 Å². The number of anilines is 1. The molecule has 2 amide bonds. The van der Waals surface area contributed by atoms with Crippen molar-refractivity contribution in [1.82, 2.24) is 9.91 Å². The van der Waals surface area contributed by atoms with E-state index in [1.807, 2.05) is 29.3 Å². The van der Waals surface area contributed by atoms with Crippen LogP contribution in [0.5, 0.6) is 5.75 Å². The average molecular weight is 263 g/mol. The Hall–Kier alpha value is -2.08. The number of piperazine rings is 1. The van der Waals surface area contributed by atoms with E-state index in [0.29, 0.717) is 26.2 Å². The highest BCUT2D eigenvalue weighted by Crippen LogP contribution is 2.20. The van der Waals surface area contributed by atoms with Gasteiger partial charge in [0.2, 0.25) is 12.8 Å². The number of carbonyl (C=O) groups excluding carboxylic acids is 2. The summed E-state index contributed by atoms with van der Waals surface area (Å²) < 4.78 is 5.09. The highest BCUT2D eigenvalue weighted by atomic mass is 16.5. The summed E-state index contributed by atoms with van der Waals surface area (Å²) in [6.45, 7) is 2.54. The van der Waals surface area contributed by atoms with Crippen molar-refractivity contribution in [1.29, 1.82) is 0 Å². The normalized spacial score (nSPS) is 15.9. The molecule has 1 heterocycles. The summed E-state index contributed by atoms with van der Waals surface area (Å²) in [7, 11) is 1.60. The first-order chi connectivity index (χ1) is 9.28. The Bertz CT molecular complexity index is 427. The number of ether oxygens (including phenoxy) is 1. The Kier molecular flexibility index (Phi) is 4.35. The molecule has 0 N–H and O–H groups in total. The number of rotatable bonds is 5. The minimum Gasteiger partial charge on any atom is -0.497 e. The molecule has 6 nitrogen and oxygen atoms in total. The smallest absolute Gasteiger partial charge is 0.228 e. The van der Waals surface area contributed by atoms with E-state index in [0.717, 1.165) is 24.3 Å². The fourth-order valence-corrected chi connectivity index (χ4v) is 2.06. The van der Waals surface area contributed by atoms with Crippen LogP contribution in [0.2, 0.25) is 0 Å². The molecular weight excluding hydrogens is 246 g/mol. The van der Waals surface area contributed by atoms with Crippen molar-refractivity contribution >= 4 is 18.5 Å². The van der Waals surface area contributed by atoms with Gasteiger partial charge in [-0.1, -0.05) is 0 Å². The lowest BCUT2D eigenvalue weighted by molar-refractivity contribution is -0.120. The second-order valence-electron chi connectivity index (χ2n) is 4.24. The zero-order valence-corrected chi connectivity index (χ0v) is 10.9. The number of hydrazine groups is 1. The summed E-state index contributed by atoms with van der Waals surface area (Å²) in [4.78, 5) is 23.6. The van der Waals surface area contributed by atoms with Gasteiger partial charge in [0.25, 0.3) is 0 Å². The molecule has 0 aliphatic carbocycles. The lowest BCUT2D eigenvalue weighted by atomic mass is 10.3. The lowest BCUT2D eigenvalue weighted by Gasteiger charge is -2.37. The molecule has 2 rings (SSSR count). The summed E-state index contributed by atoms with van der Waals surface area (Å²) in [6, 6.07) is 7.29. The fourth-order valence-electron chi connectivity index (χ4n) is 2.06. The molecule has 0 aromatic heterocycles. The van der Waals surface area contributed by atoms with Crippen LogP contribution in [0.4, 0.5) is 5.69 Å². The van der Waals surface area contributed by atoms with Gasteiger partial charge in [-0.15, -0.1) is 0 Å². The Morgan fingerprint density at radius 1 is 1.11 bits per heavy atom. The van der Waals surface area contributed by atoms with Crippen molar-refractivity contribution < 1.29 is 14.3 Å². The molecule has 6 heteroatoms. The molecule has 1 aliphatic rings. The molecule has 0 radical (unpaired) electrons. The summed E-state index contributed by atoms with van der Waals surface area (Å²) in [6.07, 6.45) is 1.63. The maximum Gasteiger partial charge on any atom is 0.228 e. The minimum absolute atomic E-state index is 0.629. The predicted molar refractivity (Wildman–Crippen MR) is 70.7 cm³/mol. The van der Waals surface area contributed by atoms with Crippen LogP contribution in [0.1, 0.15) is 0 Å². The summed E-state index contributed by atoms with van der Waals surface area (Å²) >= 11 is 0. The van der Waals surface area contributed by atoms with Gasteiger partial charge in [-0.2, -0.15) is 0 Å². The maximum absolute atomic E-state index is 11.3. The Balaban J connectivity index is 2.07. The van der Waals surface area contributed by atoms with E-state index in [-0.39, 0.29) is 0 Å². The third-order valence-electron chi connectivity index (χ3n) is 3.18. The monoisotopic (exact) mass is 263 g/mol. The third kappa shape index (κ3) is 3.03. The van der Waals surface area contributed by atoms with Crippen molar-refractivity contribution in [2.45, 2.75) is 0 Å². The molecule has 102 valence electrons. The molecule has 1 aromatic rings. The van der Waals surface area contributed by atoms with E-state index in [4.69, 9.17) is 4.74 Å². The molecule has 0 atom stereocenters. The highest BCUT2D eigenvalue weighted by molar-refractivity contribution is 5.74. The van der Waals surface area contributed by atoms with Gasteiger partial charge in [-0.3, -0.25) is 9.59 Å². The highest BCUT2D eigenvalue weighted by Gasteiger charge is 2.21. The number of methoxy groups -OCH3 is 1. The van der Waals surface area contributed by atoms with Crippen LogP contribution in [0.3, 0.4) is 0 Å². The molecular formula is C13H17N3O3. The second kappa shape index (κ2) is 6.19. The number of hydrogen-bond donors (Lipinski definition) is 0. The van der Waals surface area contributed by atoms with Crippen LogP contribution in [-0.4, -0.2) is 56.0 Å². The molecule has 0 saturated carbocycles. The van der Waals surface area contributed by atoms with Crippen LogP contribution in [0.15, 0.2) is 24.3 Å². The maximum atomic E-state index is 11.3. The molecule has 1 saturated heterocycles. The van der Waals surface area contributed by atoms with Gasteiger partial charge in [0, 0.05) is 26.2 Å². The molecule has 1 aliphatic heterocycles. The van der Waals surface area contributed by atoms with Gasteiger partial charge in [0.15, 0.2) is 0 Å². The van der Waals surface area contributed by atoms with Crippen LogP contribution in [0.25, 0.3) is 0 Å². The largest absolute Gasteiger partial charge is 0.497 e. The van der Waals surface area contributed by atoms with Crippen molar-refractivity contribution in [2.75, 3.05) is 38.3 Å².